The maximum Gasteiger partial charge on any atom is -0.00788 e. The van der Waals surface area contributed by atoms with Crippen LogP contribution in [0, 0.1) is 5.92 Å². The topological polar surface area (TPSA) is 0 Å². The van der Waals surface area contributed by atoms with Crippen molar-refractivity contribution in [2.24, 2.45) is 5.92 Å². The van der Waals surface area contributed by atoms with Gasteiger partial charge in [0.2, 0.25) is 0 Å². The van der Waals surface area contributed by atoms with E-state index in [2.05, 4.69) is 46.4 Å². The summed E-state index contributed by atoms with van der Waals surface area (Å²) < 4.78 is 0. The van der Waals surface area contributed by atoms with Crippen molar-refractivity contribution in [1.29, 1.82) is 0 Å². The molecule has 0 aliphatic carbocycles. The predicted octanol–water partition coefficient (Wildman–Crippen LogP) is 3.72. The van der Waals surface area contributed by atoms with Crippen molar-refractivity contribution < 1.29 is 0 Å². The van der Waals surface area contributed by atoms with Crippen LogP contribution >= 0.6 is 0 Å². The number of rotatable bonds is 3. The van der Waals surface area contributed by atoms with E-state index in [9.17, 15) is 0 Å². The van der Waals surface area contributed by atoms with Gasteiger partial charge in [0.1, 0.15) is 0 Å². The van der Waals surface area contributed by atoms with Crippen molar-refractivity contribution in [3.05, 3.63) is 36.0 Å². The minimum atomic E-state index is 0.477. The zero-order valence-corrected chi connectivity index (χ0v) is 8.02. The minimum absolute atomic E-state index is 0.477. The second-order valence-electron chi connectivity index (χ2n) is 2.92. The summed E-state index contributed by atoms with van der Waals surface area (Å²) in [7, 11) is 0. The lowest BCUT2D eigenvalue weighted by molar-refractivity contribution is 0.929. The SMILES string of the molecule is C=CC(C)C=C(C)/C(C)=C\C. The summed E-state index contributed by atoms with van der Waals surface area (Å²) in [5, 5.41) is 0. The number of hydrogen-bond donors (Lipinski definition) is 0. The Morgan fingerprint density at radius 1 is 1.27 bits per heavy atom. The molecule has 0 heteroatoms. The maximum atomic E-state index is 3.73. The predicted molar refractivity (Wildman–Crippen MR) is 52.5 cm³/mol. The first-order valence-corrected chi connectivity index (χ1v) is 4.06. The van der Waals surface area contributed by atoms with Crippen molar-refractivity contribution in [3.63, 3.8) is 0 Å². The second-order valence-corrected chi connectivity index (χ2v) is 2.92. The molecule has 0 spiro atoms. The first-order chi connectivity index (χ1) is 5.11. The fraction of sp³-hybridized carbons (Fsp3) is 0.455. The third kappa shape index (κ3) is 3.82. The highest BCUT2D eigenvalue weighted by Gasteiger charge is 1.93. The van der Waals surface area contributed by atoms with Crippen LogP contribution in [0.2, 0.25) is 0 Å². The van der Waals surface area contributed by atoms with Crippen LogP contribution in [0.5, 0.6) is 0 Å². The van der Waals surface area contributed by atoms with Crippen LogP contribution in [0.3, 0.4) is 0 Å². The Labute approximate surface area is 70.3 Å². The van der Waals surface area contributed by atoms with Crippen LogP contribution in [0.15, 0.2) is 36.0 Å². The van der Waals surface area contributed by atoms with Gasteiger partial charge in [0.25, 0.3) is 0 Å². The van der Waals surface area contributed by atoms with Crippen LogP contribution in [0.4, 0.5) is 0 Å². The molecule has 0 nitrogen and oxygen atoms in total. The van der Waals surface area contributed by atoms with Gasteiger partial charge < -0.3 is 0 Å². The van der Waals surface area contributed by atoms with Crippen LogP contribution < -0.4 is 0 Å². The van der Waals surface area contributed by atoms with Gasteiger partial charge in [0.15, 0.2) is 0 Å². The highest BCUT2D eigenvalue weighted by molar-refractivity contribution is 5.27. The van der Waals surface area contributed by atoms with E-state index in [4.69, 9.17) is 0 Å². The molecule has 62 valence electrons. The Bertz CT molecular complexity index is 182. The standard InChI is InChI=1S/C11H18/c1-6-9(3)8-11(5)10(4)7-2/h6-9H,1H2,2-5H3/b10-7-,11-8?. The maximum absolute atomic E-state index is 3.73. The molecule has 0 aromatic heterocycles. The lowest BCUT2D eigenvalue weighted by Gasteiger charge is -2.03. The van der Waals surface area contributed by atoms with E-state index < -0.39 is 0 Å². The molecule has 0 aromatic carbocycles. The van der Waals surface area contributed by atoms with Gasteiger partial charge in [0, 0.05) is 0 Å². The quantitative estimate of drug-likeness (QED) is 0.425. The van der Waals surface area contributed by atoms with Crippen LogP contribution in [0.1, 0.15) is 27.7 Å². The first-order valence-electron chi connectivity index (χ1n) is 4.06. The molecule has 0 bridgehead atoms. The highest BCUT2D eigenvalue weighted by Crippen LogP contribution is 2.11. The largest absolute Gasteiger partial charge is 0.102 e. The molecular formula is C11H18. The van der Waals surface area contributed by atoms with Crippen molar-refractivity contribution in [2.45, 2.75) is 27.7 Å². The molecule has 0 amide bonds. The van der Waals surface area contributed by atoms with E-state index in [-0.39, 0.29) is 0 Å². The van der Waals surface area contributed by atoms with Crippen LogP contribution in [0.25, 0.3) is 0 Å². The van der Waals surface area contributed by atoms with Gasteiger partial charge in [-0.05, 0) is 26.7 Å². The first kappa shape index (κ1) is 10.2. The normalized spacial score (nSPS) is 16.4. The van der Waals surface area contributed by atoms with Gasteiger partial charge in [-0.3, -0.25) is 0 Å². The number of allylic oxidation sites excluding steroid dienone is 5. The minimum Gasteiger partial charge on any atom is -0.102 e. The Morgan fingerprint density at radius 3 is 2.18 bits per heavy atom. The highest BCUT2D eigenvalue weighted by atomic mass is 14.0. The zero-order valence-electron chi connectivity index (χ0n) is 8.02. The van der Waals surface area contributed by atoms with Crippen molar-refractivity contribution in [2.75, 3.05) is 0 Å². The van der Waals surface area contributed by atoms with Crippen molar-refractivity contribution in [1.82, 2.24) is 0 Å². The molecule has 0 radical (unpaired) electrons. The Balaban J connectivity index is 4.33. The van der Waals surface area contributed by atoms with Crippen LogP contribution in [-0.4, -0.2) is 0 Å². The zero-order chi connectivity index (χ0) is 8.85. The molecule has 1 unspecified atom stereocenters. The summed E-state index contributed by atoms with van der Waals surface area (Å²) >= 11 is 0. The van der Waals surface area contributed by atoms with Crippen molar-refractivity contribution >= 4 is 0 Å². The molecule has 0 saturated heterocycles. The molecule has 0 aliphatic rings. The van der Waals surface area contributed by atoms with E-state index >= 15 is 0 Å². The molecule has 0 saturated carbocycles. The van der Waals surface area contributed by atoms with Gasteiger partial charge in [-0.25, -0.2) is 0 Å². The summed E-state index contributed by atoms with van der Waals surface area (Å²) in [5.74, 6) is 0.477. The lowest BCUT2D eigenvalue weighted by atomic mass is 10.0. The summed E-state index contributed by atoms with van der Waals surface area (Å²) in [6.45, 7) is 12.2. The van der Waals surface area contributed by atoms with Crippen LogP contribution in [-0.2, 0) is 0 Å². The average molecular weight is 150 g/mol. The van der Waals surface area contributed by atoms with E-state index in [1.54, 1.807) is 0 Å². The Kier molecular flexibility index (Phi) is 4.60. The summed E-state index contributed by atoms with van der Waals surface area (Å²) in [6.07, 6.45) is 6.30. The van der Waals surface area contributed by atoms with Gasteiger partial charge in [0.05, 0.1) is 0 Å². The van der Waals surface area contributed by atoms with E-state index in [1.807, 2.05) is 6.08 Å². The monoisotopic (exact) mass is 150 g/mol. The Hall–Kier alpha value is -0.780. The molecular weight excluding hydrogens is 132 g/mol. The second kappa shape index (κ2) is 4.95. The van der Waals surface area contributed by atoms with Crippen molar-refractivity contribution in [3.8, 4) is 0 Å². The van der Waals surface area contributed by atoms with Gasteiger partial charge in [-0.15, -0.1) is 6.58 Å². The average Bonchev–Trinajstić information content (AvgIpc) is 2.02. The van der Waals surface area contributed by atoms with E-state index in [0.29, 0.717) is 5.92 Å². The Morgan fingerprint density at radius 2 is 1.82 bits per heavy atom. The van der Waals surface area contributed by atoms with E-state index in [1.165, 1.54) is 11.1 Å². The molecule has 0 aliphatic heterocycles. The van der Waals surface area contributed by atoms with E-state index in [0.717, 1.165) is 0 Å². The lowest BCUT2D eigenvalue weighted by Crippen LogP contribution is -1.86. The summed E-state index contributed by atoms with van der Waals surface area (Å²) in [4.78, 5) is 0. The molecule has 11 heavy (non-hydrogen) atoms. The third-order valence-corrected chi connectivity index (χ3v) is 1.94. The summed E-state index contributed by atoms with van der Waals surface area (Å²) in [6, 6.07) is 0. The third-order valence-electron chi connectivity index (χ3n) is 1.94. The molecule has 0 aromatic rings. The molecule has 1 atom stereocenters. The molecule has 0 heterocycles. The van der Waals surface area contributed by atoms with Gasteiger partial charge in [-0.2, -0.15) is 0 Å². The molecule has 0 N–H and O–H groups in total. The smallest absolute Gasteiger partial charge is 0.00788 e. The van der Waals surface area contributed by atoms with Gasteiger partial charge in [-0.1, -0.05) is 36.3 Å². The molecule has 0 fully saturated rings. The fourth-order valence-electron chi connectivity index (χ4n) is 0.821. The number of hydrogen-bond acceptors (Lipinski definition) is 0. The molecule has 0 rings (SSSR count). The summed E-state index contributed by atoms with van der Waals surface area (Å²) in [5.41, 5.74) is 2.69. The van der Waals surface area contributed by atoms with Gasteiger partial charge >= 0.3 is 0 Å². The fourth-order valence-corrected chi connectivity index (χ4v) is 0.821.